The Balaban J connectivity index is 2.34. The minimum Gasteiger partial charge on any atom is -0.438 e. The van der Waals surface area contributed by atoms with Crippen molar-refractivity contribution in [1.29, 1.82) is 0 Å². The van der Waals surface area contributed by atoms with Crippen LogP contribution in [-0.2, 0) is 0 Å². The topological polar surface area (TPSA) is 35.0 Å². The smallest absolute Gasteiger partial charge is 0.236 e. The van der Waals surface area contributed by atoms with Gasteiger partial charge in [0, 0.05) is 10.7 Å². The average Bonchev–Trinajstić information content (AvgIpc) is 2.29. The third kappa shape index (κ3) is 2.84. The van der Waals surface area contributed by atoms with E-state index in [0.717, 1.165) is 25.8 Å². The Hall–Kier alpha value is -0.940. The minimum atomic E-state index is 0.515. The first-order valence-electron chi connectivity index (χ1n) is 4.98. The molecule has 88 valence electrons. The molecule has 1 heterocycles. The van der Waals surface area contributed by atoms with Gasteiger partial charge in [-0.3, -0.25) is 0 Å². The van der Waals surface area contributed by atoms with Gasteiger partial charge in [-0.05, 0) is 53.0 Å². The lowest BCUT2D eigenvalue weighted by Gasteiger charge is -2.09. The van der Waals surface area contributed by atoms with Crippen LogP contribution in [0.2, 0.25) is 0 Å². The summed E-state index contributed by atoms with van der Waals surface area (Å²) in [5.41, 5.74) is 2.26. The summed E-state index contributed by atoms with van der Waals surface area (Å²) in [6.07, 6.45) is 3.11. The SMILES string of the molecule is Cc1cc(Oc2ncncc2Br)cc(C)c1Br. The van der Waals surface area contributed by atoms with Crippen LogP contribution < -0.4 is 4.74 Å². The van der Waals surface area contributed by atoms with E-state index in [9.17, 15) is 0 Å². The Bertz CT molecular complexity index is 535. The summed E-state index contributed by atoms with van der Waals surface area (Å²) in [5, 5.41) is 0. The van der Waals surface area contributed by atoms with Crippen molar-refractivity contribution >= 4 is 31.9 Å². The molecule has 0 amide bonds. The number of ether oxygens (including phenoxy) is 1. The van der Waals surface area contributed by atoms with Crippen molar-refractivity contribution in [2.75, 3.05) is 0 Å². The molecule has 0 aliphatic heterocycles. The molecule has 0 bridgehead atoms. The van der Waals surface area contributed by atoms with E-state index in [-0.39, 0.29) is 0 Å². The third-order valence-corrected chi connectivity index (χ3v) is 4.05. The molecule has 0 spiro atoms. The van der Waals surface area contributed by atoms with E-state index in [1.165, 1.54) is 6.33 Å². The van der Waals surface area contributed by atoms with E-state index >= 15 is 0 Å². The van der Waals surface area contributed by atoms with Crippen LogP contribution in [0.4, 0.5) is 0 Å². The molecule has 17 heavy (non-hydrogen) atoms. The van der Waals surface area contributed by atoms with Crippen molar-refractivity contribution in [3.05, 3.63) is 44.7 Å². The van der Waals surface area contributed by atoms with E-state index in [1.807, 2.05) is 26.0 Å². The van der Waals surface area contributed by atoms with E-state index in [1.54, 1.807) is 6.20 Å². The first-order chi connectivity index (χ1) is 8.08. The fourth-order valence-corrected chi connectivity index (χ4v) is 1.98. The summed E-state index contributed by atoms with van der Waals surface area (Å²) in [7, 11) is 0. The first-order valence-corrected chi connectivity index (χ1v) is 6.56. The number of aromatic nitrogens is 2. The predicted octanol–water partition coefficient (Wildman–Crippen LogP) is 4.41. The average molecular weight is 358 g/mol. The molecule has 2 rings (SSSR count). The highest BCUT2D eigenvalue weighted by Crippen LogP contribution is 2.31. The van der Waals surface area contributed by atoms with Crippen molar-refractivity contribution in [2.24, 2.45) is 0 Å². The van der Waals surface area contributed by atoms with Crippen LogP contribution in [0.3, 0.4) is 0 Å². The van der Waals surface area contributed by atoms with Gasteiger partial charge < -0.3 is 4.74 Å². The maximum Gasteiger partial charge on any atom is 0.236 e. The fraction of sp³-hybridized carbons (Fsp3) is 0.167. The second-order valence-electron chi connectivity index (χ2n) is 3.65. The highest BCUT2D eigenvalue weighted by molar-refractivity contribution is 9.10. The standard InChI is InChI=1S/C12H10Br2N2O/c1-7-3-9(4-8(2)11(7)14)17-12-10(13)5-15-6-16-12/h3-6H,1-2H3. The zero-order valence-electron chi connectivity index (χ0n) is 9.37. The number of halogens is 2. The van der Waals surface area contributed by atoms with Crippen LogP contribution >= 0.6 is 31.9 Å². The van der Waals surface area contributed by atoms with Crippen molar-refractivity contribution in [2.45, 2.75) is 13.8 Å². The van der Waals surface area contributed by atoms with Crippen molar-refractivity contribution in [3.63, 3.8) is 0 Å². The molecule has 5 heteroatoms. The zero-order chi connectivity index (χ0) is 12.4. The van der Waals surface area contributed by atoms with E-state index in [2.05, 4.69) is 41.8 Å². The largest absolute Gasteiger partial charge is 0.438 e. The molecule has 3 nitrogen and oxygen atoms in total. The molecule has 0 aliphatic rings. The van der Waals surface area contributed by atoms with E-state index in [0.29, 0.717) is 5.88 Å². The number of rotatable bonds is 2. The normalized spacial score (nSPS) is 10.4. The Labute approximate surface area is 117 Å². The van der Waals surface area contributed by atoms with Crippen LogP contribution in [0.5, 0.6) is 11.6 Å². The van der Waals surface area contributed by atoms with Crippen molar-refractivity contribution in [1.82, 2.24) is 9.97 Å². The van der Waals surface area contributed by atoms with Gasteiger partial charge in [0.1, 0.15) is 12.1 Å². The van der Waals surface area contributed by atoms with Crippen LogP contribution in [0, 0.1) is 13.8 Å². The Morgan fingerprint density at radius 1 is 1.12 bits per heavy atom. The number of aryl methyl sites for hydroxylation is 2. The molecule has 0 fully saturated rings. The third-order valence-electron chi connectivity index (χ3n) is 2.26. The van der Waals surface area contributed by atoms with Gasteiger partial charge in [-0.25, -0.2) is 9.97 Å². The van der Waals surface area contributed by atoms with Gasteiger partial charge in [0.25, 0.3) is 0 Å². The van der Waals surface area contributed by atoms with Crippen molar-refractivity contribution < 1.29 is 4.74 Å². The molecule has 0 radical (unpaired) electrons. The zero-order valence-corrected chi connectivity index (χ0v) is 12.5. The maximum atomic E-state index is 5.71. The highest BCUT2D eigenvalue weighted by Gasteiger charge is 2.07. The molecular formula is C12H10Br2N2O. The second kappa shape index (κ2) is 5.14. The molecule has 0 saturated heterocycles. The molecule has 0 saturated carbocycles. The molecule has 1 aromatic heterocycles. The lowest BCUT2D eigenvalue weighted by Crippen LogP contribution is -1.92. The first kappa shape index (κ1) is 12.5. The van der Waals surface area contributed by atoms with E-state index < -0.39 is 0 Å². The monoisotopic (exact) mass is 356 g/mol. The quantitative estimate of drug-likeness (QED) is 0.798. The Morgan fingerprint density at radius 2 is 1.76 bits per heavy atom. The van der Waals surface area contributed by atoms with Gasteiger partial charge in [0.15, 0.2) is 0 Å². The minimum absolute atomic E-state index is 0.515. The lowest BCUT2D eigenvalue weighted by atomic mass is 10.1. The van der Waals surface area contributed by atoms with Crippen LogP contribution in [-0.4, -0.2) is 9.97 Å². The Morgan fingerprint density at radius 3 is 2.35 bits per heavy atom. The predicted molar refractivity (Wildman–Crippen MR) is 73.4 cm³/mol. The van der Waals surface area contributed by atoms with Crippen LogP contribution in [0.15, 0.2) is 33.6 Å². The summed E-state index contributed by atoms with van der Waals surface area (Å²) < 4.78 is 7.54. The molecule has 0 aliphatic carbocycles. The fourth-order valence-electron chi connectivity index (χ4n) is 1.45. The van der Waals surface area contributed by atoms with Crippen LogP contribution in [0.1, 0.15) is 11.1 Å². The summed E-state index contributed by atoms with van der Waals surface area (Å²) >= 11 is 6.87. The van der Waals surface area contributed by atoms with Gasteiger partial charge >= 0.3 is 0 Å². The second-order valence-corrected chi connectivity index (χ2v) is 5.30. The highest BCUT2D eigenvalue weighted by atomic mass is 79.9. The summed E-state index contributed by atoms with van der Waals surface area (Å²) in [5.74, 6) is 1.28. The van der Waals surface area contributed by atoms with Gasteiger partial charge in [0.2, 0.25) is 5.88 Å². The summed E-state index contributed by atoms with van der Waals surface area (Å²) in [6, 6.07) is 3.93. The summed E-state index contributed by atoms with van der Waals surface area (Å²) in [4.78, 5) is 7.95. The lowest BCUT2D eigenvalue weighted by molar-refractivity contribution is 0.457. The Kier molecular flexibility index (Phi) is 3.79. The number of hydrogen-bond acceptors (Lipinski definition) is 3. The van der Waals surface area contributed by atoms with Gasteiger partial charge in [-0.15, -0.1) is 0 Å². The molecule has 0 N–H and O–H groups in total. The number of nitrogens with zero attached hydrogens (tertiary/aromatic N) is 2. The molecule has 2 aromatic rings. The van der Waals surface area contributed by atoms with Crippen LogP contribution in [0.25, 0.3) is 0 Å². The molecule has 0 unspecified atom stereocenters. The molecule has 1 aromatic carbocycles. The molecule has 0 atom stereocenters. The van der Waals surface area contributed by atoms with Gasteiger partial charge in [0.05, 0.1) is 4.47 Å². The van der Waals surface area contributed by atoms with Gasteiger partial charge in [-0.1, -0.05) is 15.9 Å². The number of benzene rings is 1. The number of hydrogen-bond donors (Lipinski definition) is 0. The molecular weight excluding hydrogens is 348 g/mol. The van der Waals surface area contributed by atoms with E-state index in [4.69, 9.17) is 4.74 Å². The van der Waals surface area contributed by atoms with Crippen molar-refractivity contribution in [3.8, 4) is 11.6 Å². The summed E-state index contributed by atoms with van der Waals surface area (Å²) in [6.45, 7) is 4.05. The maximum absolute atomic E-state index is 5.71. The van der Waals surface area contributed by atoms with Gasteiger partial charge in [-0.2, -0.15) is 0 Å².